The normalized spacial score (nSPS) is 13.7. The molecule has 0 N–H and O–H groups in total. The van der Waals surface area contributed by atoms with E-state index in [0.717, 1.165) is 22.7 Å². The Bertz CT molecular complexity index is 3450. The van der Waals surface area contributed by atoms with Crippen molar-refractivity contribution in [3.05, 3.63) is 253 Å². The average Bonchev–Trinajstić information content (AvgIpc) is 3.95. The first-order valence-electron chi connectivity index (χ1n) is 24.1. The van der Waals surface area contributed by atoms with Crippen LogP contribution in [0.15, 0.2) is 231 Å². The van der Waals surface area contributed by atoms with Gasteiger partial charge in [-0.2, -0.15) is 0 Å². The third kappa shape index (κ3) is 6.67. The lowest BCUT2D eigenvalue weighted by Crippen LogP contribution is -2.16. The van der Waals surface area contributed by atoms with Gasteiger partial charge in [-0.15, -0.1) is 11.3 Å². The molecule has 0 aliphatic heterocycles. The molecule has 0 radical (unpaired) electrons. The number of thiophene rings is 1. The third-order valence-corrected chi connectivity index (χ3v) is 16.2. The van der Waals surface area contributed by atoms with Gasteiger partial charge >= 0.3 is 0 Å². The maximum atomic E-state index is 2.45. The van der Waals surface area contributed by atoms with Gasteiger partial charge in [-0.1, -0.05) is 149 Å². The zero-order valence-corrected chi connectivity index (χ0v) is 40.1. The average molecular weight is 903 g/mol. The van der Waals surface area contributed by atoms with Crippen molar-refractivity contribution in [3.63, 3.8) is 0 Å². The maximum absolute atomic E-state index is 2.45. The molecule has 0 fully saturated rings. The first-order valence-corrected chi connectivity index (χ1v) is 24.9. The van der Waals surface area contributed by atoms with Crippen LogP contribution in [0.3, 0.4) is 0 Å². The number of fused-ring (bicyclic) bond motifs is 9. The van der Waals surface area contributed by atoms with Gasteiger partial charge in [-0.25, -0.2) is 0 Å². The van der Waals surface area contributed by atoms with Crippen molar-refractivity contribution >= 4 is 65.6 Å². The van der Waals surface area contributed by atoms with Gasteiger partial charge in [0.15, 0.2) is 0 Å². The van der Waals surface area contributed by atoms with Gasteiger partial charge in [-0.3, -0.25) is 0 Å². The summed E-state index contributed by atoms with van der Waals surface area (Å²) in [6, 6.07) is 85.3. The highest BCUT2D eigenvalue weighted by molar-refractivity contribution is 7.25. The standard InChI is InChI=1S/C66H50N2S/c1-65(2)59-39-45(25-31-53(59)55-33-29-51(41-61(55)65)67(47-17-9-5-10-18-47)48-19-11-6-12-20-48)43-27-35-63-57(37-43)58-38-44(28-36-64(58)69-63)46-26-32-54-56-34-30-52(42-62(56)66(3,4)60(54)40-46)68(49-21-13-7-14-22-49)50-23-15-8-16-24-50/h5-42H,1-4H3. The molecule has 0 atom stereocenters. The summed E-state index contributed by atoms with van der Waals surface area (Å²) >= 11 is 1.88. The van der Waals surface area contributed by atoms with E-state index < -0.39 is 0 Å². The van der Waals surface area contributed by atoms with E-state index in [4.69, 9.17) is 0 Å². The molecule has 0 bridgehead atoms. The minimum Gasteiger partial charge on any atom is -0.310 e. The number of hydrogen-bond acceptors (Lipinski definition) is 3. The second kappa shape index (κ2) is 15.8. The van der Waals surface area contributed by atoms with Gasteiger partial charge in [0.1, 0.15) is 0 Å². The molecule has 2 aliphatic rings. The van der Waals surface area contributed by atoms with Crippen molar-refractivity contribution in [1.29, 1.82) is 0 Å². The summed E-state index contributed by atoms with van der Waals surface area (Å²) in [5.74, 6) is 0. The summed E-state index contributed by atoms with van der Waals surface area (Å²) in [6.07, 6.45) is 0. The molecule has 3 heteroatoms. The second-order valence-electron chi connectivity index (χ2n) is 19.8. The fraction of sp³-hybridized carbons (Fsp3) is 0.0909. The maximum Gasteiger partial charge on any atom is 0.0465 e. The molecule has 11 aromatic rings. The van der Waals surface area contributed by atoms with Crippen LogP contribution in [0.1, 0.15) is 49.9 Å². The van der Waals surface area contributed by atoms with Crippen LogP contribution in [0.5, 0.6) is 0 Å². The molecular formula is C66H50N2S. The molecule has 13 rings (SSSR count). The Labute approximate surface area is 409 Å². The summed E-state index contributed by atoms with van der Waals surface area (Å²) in [5, 5.41) is 2.62. The van der Waals surface area contributed by atoms with E-state index in [1.54, 1.807) is 0 Å². The van der Waals surface area contributed by atoms with Gasteiger partial charge < -0.3 is 9.80 Å². The van der Waals surface area contributed by atoms with Gasteiger partial charge in [0.05, 0.1) is 0 Å². The van der Waals surface area contributed by atoms with Crippen LogP contribution in [-0.4, -0.2) is 0 Å². The van der Waals surface area contributed by atoms with Crippen LogP contribution >= 0.6 is 11.3 Å². The molecule has 1 aromatic heterocycles. The van der Waals surface area contributed by atoms with Crippen molar-refractivity contribution in [2.45, 2.75) is 38.5 Å². The molecular weight excluding hydrogens is 853 g/mol. The van der Waals surface area contributed by atoms with Crippen LogP contribution in [0.4, 0.5) is 34.1 Å². The lowest BCUT2D eigenvalue weighted by atomic mass is 9.81. The fourth-order valence-electron chi connectivity index (χ4n) is 11.4. The van der Waals surface area contributed by atoms with Gasteiger partial charge in [-0.05, 0) is 176 Å². The predicted molar refractivity (Wildman–Crippen MR) is 295 cm³/mol. The Morgan fingerprint density at radius 3 is 0.913 bits per heavy atom. The second-order valence-corrected chi connectivity index (χ2v) is 20.9. The first-order chi connectivity index (χ1) is 33.7. The lowest BCUT2D eigenvalue weighted by Gasteiger charge is -2.28. The number of anilines is 6. The Morgan fingerprint density at radius 1 is 0.275 bits per heavy atom. The van der Waals surface area contributed by atoms with E-state index >= 15 is 0 Å². The minimum atomic E-state index is -0.178. The third-order valence-electron chi connectivity index (χ3n) is 15.0. The van der Waals surface area contributed by atoms with Crippen molar-refractivity contribution in [2.75, 3.05) is 9.80 Å². The molecule has 330 valence electrons. The molecule has 0 amide bonds. The van der Waals surface area contributed by atoms with Gasteiger partial charge in [0.2, 0.25) is 0 Å². The number of para-hydroxylation sites is 4. The number of benzene rings is 10. The molecule has 69 heavy (non-hydrogen) atoms. The molecule has 10 aromatic carbocycles. The lowest BCUT2D eigenvalue weighted by molar-refractivity contribution is 0.660. The summed E-state index contributed by atoms with van der Waals surface area (Å²) in [6.45, 7) is 9.55. The summed E-state index contributed by atoms with van der Waals surface area (Å²) in [7, 11) is 0. The quantitative estimate of drug-likeness (QED) is 0.150. The SMILES string of the molecule is CC1(C)c2cc(-c3ccc4sc5ccc(-c6ccc7c(c6)C(C)(C)c6cc(N(c8ccccc8)c8ccccc8)ccc6-7)cc5c4c3)ccc2-c2ccc(N(c3ccccc3)c3ccccc3)cc21. The van der Waals surface area contributed by atoms with Crippen LogP contribution in [0, 0.1) is 0 Å². The highest BCUT2D eigenvalue weighted by Gasteiger charge is 2.38. The molecule has 2 aliphatic carbocycles. The van der Waals surface area contributed by atoms with Gasteiger partial charge in [0.25, 0.3) is 0 Å². The Kier molecular flexibility index (Phi) is 9.44. The van der Waals surface area contributed by atoms with E-state index in [1.165, 1.54) is 98.3 Å². The van der Waals surface area contributed by atoms with Gasteiger partial charge in [0, 0.05) is 65.1 Å². The summed E-state index contributed by atoms with van der Waals surface area (Å²) in [4.78, 5) is 4.73. The van der Waals surface area contributed by atoms with Crippen LogP contribution < -0.4 is 9.80 Å². The highest BCUT2D eigenvalue weighted by atomic mass is 32.1. The van der Waals surface area contributed by atoms with Crippen LogP contribution in [0.25, 0.3) is 64.7 Å². The fourth-order valence-corrected chi connectivity index (χ4v) is 12.5. The molecule has 2 nitrogen and oxygen atoms in total. The smallest absolute Gasteiger partial charge is 0.0465 e. The minimum absolute atomic E-state index is 0.178. The molecule has 0 spiro atoms. The van der Waals surface area contributed by atoms with Crippen molar-refractivity contribution < 1.29 is 0 Å². The Morgan fingerprint density at radius 2 is 0.565 bits per heavy atom. The Hall–Kier alpha value is -7.98. The van der Waals surface area contributed by atoms with Crippen molar-refractivity contribution in [2.24, 2.45) is 0 Å². The summed E-state index contributed by atoms with van der Waals surface area (Å²) < 4.78 is 2.63. The van der Waals surface area contributed by atoms with Crippen LogP contribution in [0.2, 0.25) is 0 Å². The Balaban J connectivity index is 0.828. The number of hydrogen-bond donors (Lipinski definition) is 0. The van der Waals surface area contributed by atoms with E-state index in [9.17, 15) is 0 Å². The predicted octanol–water partition coefficient (Wildman–Crippen LogP) is 18.9. The van der Waals surface area contributed by atoms with E-state index in [-0.39, 0.29) is 10.8 Å². The van der Waals surface area contributed by atoms with E-state index in [1.807, 2.05) is 11.3 Å². The van der Waals surface area contributed by atoms with Crippen molar-refractivity contribution in [1.82, 2.24) is 0 Å². The van der Waals surface area contributed by atoms with Crippen molar-refractivity contribution in [3.8, 4) is 44.5 Å². The number of nitrogens with zero attached hydrogens (tertiary/aromatic N) is 2. The summed E-state index contributed by atoms with van der Waals surface area (Å²) in [5.41, 5.74) is 22.3. The molecule has 1 heterocycles. The zero-order chi connectivity index (χ0) is 46.4. The monoisotopic (exact) mass is 902 g/mol. The molecule has 0 unspecified atom stereocenters. The highest BCUT2D eigenvalue weighted by Crippen LogP contribution is 2.54. The zero-order valence-electron chi connectivity index (χ0n) is 39.2. The van der Waals surface area contributed by atoms with E-state index in [2.05, 4.69) is 268 Å². The molecule has 0 saturated carbocycles. The first kappa shape index (κ1) is 41.2. The topological polar surface area (TPSA) is 6.48 Å². The molecule has 0 saturated heterocycles. The van der Waals surface area contributed by atoms with Crippen LogP contribution in [-0.2, 0) is 10.8 Å². The number of rotatable bonds is 8. The van der Waals surface area contributed by atoms with E-state index in [0.29, 0.717) is 0 Å². The largest absolute Gasteiger partial charge is 0.310 e.